The molecule has 2 nitrogen and oxygen atoms in total. The van der Waals surface area contributed by atoms with Gasteiger partial charge >= 0.3 is 12.1 Å². The van der Waals surface area contributed by atoms with E-state index in [1.54, 1.807) is 6.07 Å². The van der Waals surface area contributed by atoms with Crippen LogP contribution in [0.3, 0.4) is 0 Å². The van der Waals surface area contributed by atoms with Crippen molar-refractivity contribution in [3.8, 4) is 0 Å². The summed E-state index contributed by atoms with van der Waals surface area (Å²) in [5, 5.41) is 0. The Bertz CT molecular complexity index is 514. The molecule has 0 radical (unpaired) electrons. The van der Waals surface area contributed by atoms with Gasteiger partial charge in [0.1, 0.15) is 5.60 Å². The van der Waals surface area contributed by atoms with Crippen molar-refractivity contribution >= 4 is 5.97 Å². The molecule has 0 N–H and O–H groups in total. The van der Waals surface area contributed by atoms with Crippen LogP contribution in [0.1, 0.15) is 49.3 Å². The van der Waals surface area contributed by atoms with Gasteiger partial charge in [-0.05, 0) is 49.8 Å². The van der Waals surface area contributed by atoms with Crippen molar-refractivity contribution < 1.29 is 22.7 Å². The Morgan fingerprint density at radius 2 is 1.85 bits per heavy atom. The molecule has 1 aliphatic rings. The van der Waals surface area contributed by atoms with Crippen LogP contribution in [0.2, 0.25) is 0 Å². The first kappa shape index (κ1) is 14.9. The molecule has 0 saturated heterocycles. The largest absolute Gasteiger partial charge is 0.454 e. The maximum Gasteiger partial charge on any atom is 0.416 e. The quantitative estimate of drug-likeness (QED) is 0.756. The van der Waals surface area contributed by atoms with E-state index in [0.717, 1.165) is 18.9 Å². The van der Waals surface area contributed by atoms with E-state index in [4.69, 9.17) is 4.74 Å². The summed E-state index contributed by atoms with van der Waals surface area (Å²) in [7, 11) is 0. The van der Waals surface area contributed by atoms with Crippen LogP contribution in [0, 0.1) is 6.92 Å². The second-order valence-electron chi connectivity index (χ2n) is 5.27. The minimum atomic E-state index is -4.39. The second-order valence-corrected chi connectivity index (χ2v) is 5.27. The highest BCUT2D eigenvalue weighted by Crippen LogP contribution is 2.45. The van der Waals surface area contributed by atoms with Crippen molar-refractivity contribution in [2.75, 3.05) is 0 Å². The van der Waals surface area contributed by atoms with Crippen LogP contribution >= 0.6 is 0 Å². The molecule has 0 atom stereocenters. The van der Waals surface area contributed by atoms with Gasteiger partial charge in [0.2, 0.25) is 0 Å². The van der Waals surface area contributed by atoms with Crippen molar-refractivity contribution in [2.24, 2.45) is 0 Å². The molecule has 5 heteroatoms. The predicted molar refractivity (Wildman–Crippen MR) is 68.1 cm³/mol. The number of alkyl halides is 3. The fraction of sp³-hybridized carbons (Fsp3) is 0.533. The molecule has 0 bridgehead atoms. The van der Waals surface area contributed by atoms with Crippen molar-refractivity contribution in [2.45, 2.75) is 51.3 Å². The van der Waals surface area contributed by atoms with Gasteiger partial charge in [-0.2, -0.15) is 13.2 Å². The molecule has 1 aliphatic carbocycles. The zero-order valence-electron chi connectivity index (χ0n) is 11.5. The Balaban J connectivity index is 2.53. The summed E-state index contributed by atoms with van der Waals surface area (Å²) < 4.78 is 44.4. The highest BCUT2D eigenvalue weighted by atomic mass is 19.4. The lowest BCUT2D eigenvalue weighted by Crippen LogP contribution is -2.30. The summed E-state index contributed by atoms with van der Waals surface area (Å²) in [6.45, 7) is 2.74. The maximum atomic E-state index is 13.0. The standard InChI is InChI=1S/C15H17F3O2/c1-10-12(6-5-7-13(10)15(16,17)18)14(20-11(2)19)8-3-4-9-14/h5-7H,3-4,8-9H2,1-2H3. The molecule has 110 valence electrons. The Hall–Kier alpha value is -1.52. The number of hydrogen-bond donors (Lipinski definition) is 0. The van der Waals surface area contributed by atoms with Crippen LogP contribution in [-0.4, -0.2) is 5.97 Å². The zero-order chi connectivity index (χ0) is 15.0. The van der Waals surface area contributed by atoms with E-state index in [1.165, 1.54) is 19.9 Å². The van der Waals surface area contributed by atoms with Gasteiger partial charge in [0.25, 0.3) is 0 Å². The fourth-order valence-electron chi connectivity index (χ4n) is 3.08. The van der Waals surface area contributed by atoms with Gasteiger partial charge in [-0.3, -0.25) is 4.79 Å². The van der Waals surface area contributed by atoms with E-state index in [9.17, 15) is 18.0 Å². The molecule has 0 aromatic heterocycles. The molecule has 2 rings (SSSR count). The number of halogens is 3. The van der Waals surface area contributed by atoms with E-state index < -0.39 is 23.3 Å². The lowest BCUT2D eigenvalue weighted by molar-refractivity contribution is -0.157. The van der Waals surface area contributed by atoms with Crippen LogP contribution < -0.4 is 0 Å². The number of carbonyl (C=O) groups is 1. The number of hydrogen-bond acceptors (Lipinski definition) is 2. The van der Waals surface area contributed by atoms with Gasteiger partial charge in [0, 0.05) is 6.92 Å². The van der Waals surface area contributed by atoms with Gasteiger partial charge < -0.3 is 4.74 Å². The van der Waals surface area contributed by atoms with E-state index in [-0.39, 0.29) is 5.56 Å². The summed E-state index contributed by atoms with van der Waals surface area (Å²) in [5.74, 6) is -0.455. The zero-order valence-corrected chi connectivity index (χ0v) is 11.5. The molecule has 1 aromatic rings. The van der Waals surface area contributed by atoms with Crippen LogP contribution in [0.15, 0.2) is 18.2 Å². The Morgan fingerprint density at radius 1 is 1.25 bits per heavy atom. The summed E-state index contributed by atoms with van der Waals surface area (Å²) in [5.41, 5.74) is -0.909. The summed E-state index contributed by atoms with van der Waals surface area (Å²) in [6, 6.07) is 4.09. The first-order valence-corrected chi connectivity index (χ1v) is 6.63. The number of esters is 1. The van der Waals surface area contributed by atoms with Crippen molar-refractivity contribution in [3.05, 3.63) is 34.9 Å². The Labute approximate surface area is 115 Å². The van der Waals surface area contributed by atoms with E-state index in [1.807, 2.05) is 0 Å². The van der Waals surface area contributed by atoms with Crippen LogP contribution in [0.4, 0.5) is 13.2 Å². The molecule has 20 heavy (non-hydrogen) atoms. The van der Waals surface area contributed by atoms with E-state index in [0.29, 0.717) is 18.4 Å². The maximum absolute atomic E-state index is 13.0. The molecular formula is C15H17F3O2. The van der Waals surface area contributed by atoms with Crippen LogP contribution in [0.5, 0.6) is 0 Å². The molecule has 1 aromatic carbocycles. The highest BCUT2D eigenvalue weighted by molar-refractivity contribution is 5.67. The summed E-state index contributed by atoms with van der Waals surface area (Å²) >= 11 is 0. The van der Waals surface area contributed by atoms with Crippen LogP contribution in [0.25, 0.3) is 0 Å². The van der Waals surface area contributed by atoms with E-state index in [2.05, 4.69) is 0 Å². The SMILES string of the molecule is CC(=O)OC1(c2cccc(C(F)(F)F)c2C)CCCC1. The Morgan fingerprint density at radius 3 is 2.35 bits per heavy atom. The third kappa shape index (κ3) is 2.67. The highest BCUT2D eigenvalue weighted by Gasteiger charge is 2.42. The molecule has 0 unspecified atom stereocenters. The monoisotopic (exact) mass is 286 g/mol. The lowest BCUT2D eigenvalue weighted by Gasteiger charge is -2.31. The van der Waals surface area contributed by atoms with Crippen molar-refractivity contribution in [3.63, 3.8) is 0 Å². The van der Waals surface area contributed by atoms with Gasteiger partial charge in [-0.15, -0.1) is 0 Å². The topological polar surface area (TPSA) is 26.3 Å². The number of benzene rings is 1. The minimum Gasteiger partial charge on any atom is -0.454 e. The first-order valence-electron chi connectivity index (χ1n) is 6.63. The van der Waals surface area contributed by atoms with E-state index >= 15 is 0 Å². The fourth-order valence-corrected chi connectivity index (χ4v) is 3.08. The minimum absolute atomic E-state index is 0.156. The molecule has 0 heterocycles. The third-order valence-corrected chi connectivity index (χ3v) is 3.88. The smallest absolute Gasteiger partial charge is 0.416 e. The van der Waals surface area contributed by atoms with Gasteiger partial charge in [0.05, 0.1) is 5.56 Å². The molecule has 1 saturated carbocycles. The molecule has 1 fully saturated rings. The van der Waals surface area contributed by atoms with Gasteiger partial charge in [-0.25, -0.2) is 0 Å². The molecular weight excluding hydrogens is 269 g/mol. The average Bonchev–Trinajstić information content (AvgIpc) is 2.76. The Kier molecular flexibility index (Phi) is 3.80. The third-order valence-electron chi connectivity index (χ3n) is 3.88. The number of carbonyl (C=O) groups excluding carboxylic acids is 1. The molecule has 0 spiro atoms. The van der Waals surface area contributed by atoms with Gasteiger partial charge in [0.15, 0.2) is 0 Å². The summed E-state index contributed by atoms with van der Waals surface area (Å²) in [6.07, 6.45) is -1.54. The van der Waals surface area contributed by atoms with Crippen molar-refractivity contribution in [1.29, 1.82) is 0 Å². The van der Waals surface area contributed by atoms with Crippen molar-refractivity contribution in [1.82, 2.24) is 0 Å². The lowest BCUT2D eigenvalue weighted by atomic mass is 9.86. The number of ether oxygens (including phenoxy) is 1. The molecule has 0 aliphatic heterocycles. The predicted octanol–water partition coefficient (Wildman–Crippen LogP) is 4.35. The summed E-state index contributed by atoms with van der Waals surface area (Å²) in [4.78, 5) is 11.3. The average molecular weight is 286 g/mol. The second kappa shape index (κ2) is 5.11. The molecule has 0 amide bonds. The normalized spacial score (nSPS) is 18.1. The van der Waals surface area contributed by atoms with Crippen LogP contribution in [-0.2, 0) is 21.3 Å². The van der Waals surface area contributed by atoms with Gasteiger partial charge in [-0.1, -0.05) is 12.1 Å². The number of rotatable bonds is 2. The first-order chi connectivity index (χ1) is 9.26.